The van der Waals surface area contributed by atoms with Gasteiger partial charge in [0.05, 0.1) is 6.10 Å². The predicted octanol–water partition coefficient (Wildman–Crippen LogP) is 4.38. The fraction of sp³-hybridized carbons (Fsp3) is 0.571. The molecule has 0 unspecified atom stereocenters. The van der Waals surface area contributed by atoms with E-state index in [0.717, 1.165) is 21.8 Å². The second kappa shape index (κ2) is 5.76. The summed E-state index contributed by atoms with van der Waals surface area (Å²) in [6.45, 7) is 2.28. The summed E-state index contributed by atoms with van der Waals surface area (Å²) in [6.07, 6.45) is 6.60. The number of rotatable bonds is 3. The van der Waals surface area contributed by atoms with Gasteiger partial charge in [0, 0.05) is 16.2 Å². The summed E-state index contributed by atoms with van der Waals surface area (Å²) in [6, 6.07) is 5.78. The van der Waals surface area contributed by atoms with E-state index in [-0.39, 0.29) is 0 Å². The molecular formula is C14H20BrNO. The van der Waals surface area contributed by atoms with E-state index >= 15 is 0 Å². The fourth-order valence-electron chi connectivity index (χ4n) is 2.50. The van der Waals surface area contributed by atoms with E-state index in [1.165, 1.54) is 32.1 Å². The third-order valence-corrected chi connectivity index (χ3v) is 4.03. The van der Waals surface area contributed by atoms with Crippen molar-refractivity contribution in [3.05, 3.63) is 22.7 Å². The molecule has 0 amide bonds. The van der Waals surface area contributed by atoms with E-state index < -0.39 is 0 Å². The third kappa shape index (κ3) is 3.63. The van der Waals surface area contributed by atoms with Gasteiger partial charge in [-0.25, -0.2) is 0 Å². The number of nitrogen functional groups attached to an aromatic ring is 1. The molecule has 1 aliphatic carbocycles. The first-order valence-corrected chi connectivity index (χ1v) is 7.19. The van der Waals surface area contributed by atoms with Crippen molar-refractivity contribution in [2.75, 3.05) is 5.73 Å². The molecule has 0 radical (unpaired) electrons. The number of ether oxygens (including phenoxy) is 1. The van der Waals surface area contributed by atoms with Crippen LogP contribution in [0.15, 0.2) is 22.7 Å². The van der Waals surface area contributed by atoms with E-state index in [9.17, 15) is 0 Å². The summed E-state index contributed by atoms with van der Waals surface area (Å²) in [5, 5.41) is 0. The molecule has 3 heteroatoms. The van der Waals surface area contributed by atoms with E-state index in [1.807, 2.05) is 18.2 Å². The van der Waals surface area contributed by atoms with Gasteiger partial charge in [0.2, 0.25) is 0 Å². The van der Waals surface area contributed by atoms with Gasteiger partial charge in [-0.05, 0) is 43.7 Å². The van der Waals surface area contributed by atoms with Crippen molar-refractivity contribution >= 4 is 21.6 Å². The second-order valence-corrected chi connectivity index (χ2v) is 5.80. The summed E-state index contributed by atoms with van der Waals surface area (Å²) >= 11 is 3.44. The van der Waals surface area contributed by atoms with Crippen molar-refractivity contribution in [1.82, 2.24) is 0 Å². The largest absolute Gasteiger partial charge is 0.490 e. The molecule has 1 fully saturated rings. The first-order chi connectivity index (χ1) is 8.17. The molecule has 0 saturated heterocycles. The third-order valence-electron chi connectivity index (χ3n) is 3.57. The lowest BCUT2D eigenvalue weighted by atomic mass is 9.86. The van der Waals surface area contributed by atoms with Crippen molar-refractivity contribution in [3.63, 3.8) is 0 Å². The topological polar surface area (TPSA) is 35.2 Å². The van der Waals surface area contributed by atoms with Crippen LogP contribution in [0.3, 0.4) is 0 Å². The number of anilines is 1. The predicted molar refractivity (Wildman–Crippen MR) is 75.2 cm³/mol. The molecule has 0 spiro atoms. The van der Waals surface area contributed by atoms with E-state index in [2.05, 4.69) is 22.9 Å². The van der Waals surface area contributed by atoms with E-state index in [4.69, 9.17) is 10.5 Å². The molecular weight excluding hydrogens is 278 g/mol. The molecule has 0 aromatic heterocycles. The Bertz CT molecular complexity index is 352. The number of hydrogen-bond donors (Lipinski definition) is 1. The summed E-state index contributed by atoms with van der Waals surface area (Å²) in [7, 11) is 0. The Hall–Kier alpha value is -0.700. The lowest BCUT2D eigenvalue weighted by molar-refractivity contribution is 0.130. The monoisotopic (exact) mass is 297 g/mol. The Labute approximate surface area is 112 Å². The van der Waals surface area contributed by atoms with Gasteiger partial charge in [0.1, 0.15) is 5.75 Å². The maximum absolute atomic E-state index is 6.00. The Morgan fingerprint density at radius 3 is 2.53 bits per heavy atom. The first kappa shape index (κ1) is 12.7. The summed E-state index contributed by atoms with van der Waals surface area (Å²) in [5.74, 6) is 1.79. The SMILES string of the molecule is CCC1CCC(Oc2cc(N)cc(Br)c2)CC1. The Balaban J connectivity index is 1.93. The van der Waals surface area contributed by atoms with Crippen LogP contribution in [0.5, 0.6) is 5.75 Å². The lowest BCUT2D eigenvalue weighted by Gasteiger charge is -2.28. The molecule has 0 atom stereocenters. The van der Waals surface area contributed by atoms with Gasteiger partial charge in [-0.15, -0.1) is 0 Å². The Morgan fingerprint density at radius 1 is 1.24 bits per heavy atom. The number of halogens is 1. The van der Waals surface area contributed by atoms with E-state index in [0.29, 0.717) is 6.10 Å². The molecule has 1 aromatic rings. The van der Waals surface area contributed by atoms with Crippen molar-refractivity contribution in [3.8, 4) is 5.75 Å². The van der Waals surface area contributed by atoms with Crippen LogP contribution >= 0.6 is 15.9 Å². The van der Waals surface area contributed by atoms with Gasteiger partial charge in [-0.2, -0.15) is 0 Å². The molecule has 1 aliphatic rings. The van der Waals surface area contributed by atoms with Crippen molar-refractivity contribution < 1.29 is 4.74 Å². The summed E-state index contributed by atoms with van der Waals surface area (Å²) in [5.41, 5.74) is 6.55. The highest BCUT2D eigenvalue weighted by atomic mass is 79.9. The summed E-state index contributed by atoms with van der Waals surface area (Å²) < 4.78 is 6.98. The Kier molecular flexibility index (Phi) is 4.32. The normalized spacial score (nSPS) is 24.6. The van der Waals surface area contributed by atoms with Gasteiger partial charge in [-0.1, -0.05) is 29.3 Å². The quantitative estimate of drug-likeness (QED) is 0.840. The number of benzene rings is 1. The molecule has 1 aromatic carbocycles. The van der Waals surface area contributed by atoms with Crippen LogP contribution in [0.25, 0.3) is 0 Å². The fourth-order valence-corrected chi connectivity index (χ4v) is 2.99. The minimum atomic E-state index is 0.367. The zero-order chi connectivity index (χ0) is 12.3. The van der Waals surface area contributed by atoms with Gasteiger partial charge >= 0.3 is 0 Å². The van der Waals surface area contributed by atoms with Gasteiger partial charge in [0.15, 0.2) is 0 Å². The maximum Gasteiger partial charge on any atom is 0.122 e. The van der Waals surface area contributed by atoms with Crippen LogP contribution in [0.2, 0.25) is 0 Å². The van der Waals surface area contributed by atoms with Crippen LogP contribution < -0.4 is 10.5 Å². The average Bonchev–Trinajstić information content (AvgIpc) is 2.28. The molecule has 2 rings (SSSR count). The van der Waals surface area contributed by atoms with Crippen LogP contribution in [0.1, 0.15) is 39.0 Å². The molecule has 0 heterocycles. The van der Waals surface area contributed by atoms with Crippen LogP contribution in [0.4, 0.5) is 5.69 Å². The smallest absolute Gasteiger partial charge is 0.122 e. The highest BCUT2D eigenvalue weighted by Crippen LogP contribution is 2.31. The number of nitrogens with two attached hydrogens (primary N) is 1. The zero-order valence-electron chi connectivity index (χ0n) is 10.3. The maximum atomic E-state index is 6.00. The lowest BCUT2D eigenvalue weighted by Crippen LogP contribution is -2.23. The standard InChI is InChI=1S/C14H20BrNO/c1-2-10-3-5-13(6-4-10)17-14-8-11(15)7-12(16)9-14/h7-10,13H,2-6,16H2,1H3. The van der Waals surface area contributed by atoms with Gasteiger partial charge in [-0.3, -0.25) is 0 Å². The summed E-state index contributed by atoms with van der Waals surface area (Å²) in [4.78, 5) is 0. The molecule has 0 aliphatic heterocycles. The van der Waals surface area contributed by atoms with Crippen molar-refractivity contribution in [2.45, 2.75) is 45.1 Å². The minimum Gasteiger partial charge on any atom is -0.490 e. The molecule has 2 N–H and O–H groups in total. The molecule has 2 nitrogen and oxygen atoms in total. The highest BCUT2D eigenvalue weighted by Gasteiger charge is 2.21. The second-order valence-electron chi connectivity index (χ2n) is 4.89. The van der Waals surface area contributed by atoms with Crippen molar-refractivity contribution in [2.24, 2.45) is 5.92 Å². The molecule has 17 heavy (non-hydrogen) atoms. The molecule has 1 saturated carbocycles. The van der Waals surface area contributed by atoms with Gasteiger partial charge < -0.3 is 10.5 Å². The Morgan fingerprint density at radius 2 is 1.94 bits per heavy atom. The van der Waals surface area contributed by atoms with Crippen LogP contribution in [0, 0.1) is 5.92 Å². The minimum absolute atomic E-state index is 0.367. The molecule has 94 valence electrons. The first-order valence-electron chi connectivity index (χ1n) is 6.40. The average molecular weight is 298 g/mol. The van der Waals surface area contributed by atoms with Crippen LogP contribution in [-0.4, -0.2) is 6.10 Å². The van der Waals surface area contributed by atoms with Crippen LogP contribution in [-0.2, 0) is 0 Å². The zero-order valence-corrected chi connectivity index (χ0v) is 11.9. The highest BCUT2D eigenvalue weighted by molar-refractivity contribution is 9.10. The van der Waals surface area contributed by atoms with Crippen molar-refractivity contribution in [1.29, 1.82) is 0 Å². The number of hydrogen-bond acceptors (Lipinski definition) is 2. The van der Waals surface area contributed by atoms with E-state index in [1.54, 1.807) is 0 Å². The molecule has 0 bridgehead atoms. The van der Waals surface area contributed by atoms with Gasteiger partial charge in [0.25, 0.3) is 0 Å².